The maximum absolute atomic E-state index is 11.6. The summed E-state index contributed by atoms with van der Waals surface area (Å²) in [7, 11) is -3.16. The molecule has 112 valence electrons. The van der Waals surface area contributed by atoms with Crippen molar-refractivity contribution >= 4 is 21.2 Å². The first kappa shape index (κ1) is 15.0. The molecular formula is C18H16O2S2. The van der Waals surface area contributed by atoms with E-state index in [2.05, 4.69) is 41.9 Å². The van der Waals surface area contributed by atoms with Crippen LogP contribution in [-0.2, 0) is 9.84 Å². The van der Waals surface area contributed by atoms with Crippen LogP contribution >= 0.6 is 11.3 Å². The minimum absolute atomic E-state index is 0.348. The van der Waals surface area contributed by atoms with Crippen LogP contribution in [0.5, 0.6) is 0 Å². The van der Waals surface area contributed by atoms with Crippen molar-refractivity contribution in [3.8, 4) is 22.3 Å². The molecule has 2 nitrogen and oxygen atoms in total. The average Bonchev–Trinajstić information content (AvgIpc) is 3.00. The van der Waals surface area contributed by atoms with Crippen molar-refractivity contribution in [2.24, 2.45) is 0 Å². The van der Waals surface area contributed by atoms with Crippen LogP contribution in [0, 0.1) is 6.92 Å². The van der Waals surface area contributed by atoms with Gasteiger partial charge in [-0.05, 0) is 58.1 Å². The normalized spacial score (nSPS) is 11.5. The number of thiophene rings is 1. The van der Waals surface area contributed by atoms with E-state index < -0.39 is 9.84 Å². The molecule has 0 unspecified atom stereocenters. The highest BCUT2D eigenvalue weighted by Crippen LogP contribution is 2.34. The Hall–Kier alpha value is -1.91. The molecule has 0 fully saturated rings. The lowest BCUT2D eigenvalue weighted by Gasteiger charge is -2.10. The molecule has 1 aromatic heterocycles. The summed E-state index contributed by atoms with van der Waals surface area (Å²) in [6, 6.07) is 15.5. The van der Waals surface area contributed by atoms with E-state index in [9.17, 15) is 8.42 Å². The molecule has 0 radical (unpaired) electrons. The summed E-state index contributed by atoms with van der Waals surface area (Å²) in [5, 5.41) is 4.19. The molecule has 0 amide bonds. The standard InChI is InChI=1S/C18H16O2S2/c1-13-3-8-17(18(11-13)15-9-10-21-12-15)14-4-6-16(7-5-14)22(2,19)20/h3-12H,1-2H3. The maximum Gasteiger partial charge on any atom is 0.175 e. The largest absolute Gasteiger partial charge is 0.224 e. The van der Waals surface area contributed by atoms with E-state index in [1.54, 1.807) is 23.5 Å². The van der Waals surface area contributed by atoms with Crippen molar-refractivity contribution in [1.82, 2.24) is 0 Å². The second-order valence-electron chi connectivity index (χ2n) is 5.36. The highest BCUT2D eigenvalue weighted by atomic mass is 32.2. The van der Waals surface area contributed by atoms with Gasteiger partial charge in [0.05, 0.1) is 4.90 Å². The highest BCUT2D eigenvalue weighted by molar-refractivity contribution is 7.90. The van der Waals surface area contributed by atoms with Gasteiger partial charge in [0.1, 0.15) is 0 Å². The molecule has 0 aliphatic rings. The summed E-state index contributed by atoms with van der Waals surface area (Å²) in [5.74, 6) is 0. The number of benzene rings is 2. The first-order valence-corrected chi connectivity index (χ1v) is 9.72. The molecule has 0 saturated carbocycles. The number of hydrogen-bond donors (Lipinski definition) is 0. The Morgan fingerprint density at radius 1 is 0.864 bits per heavy atom. The second kappa shape index (κ2) is 5.71. The first-order chi connectivity index (χ1) is 10.4. The molecule has 0 saturated heterocycles. The van der Waals surface area contributed by atoms with Gasteiger partial charge in [0.15, 0.2) is 9.84 Å². The van der Waals surface area contributed by atoms with Crippen molar-refractivity contribution in [3.05, 3.63) is 64.9 Å². The molecule has 0 atom stereocenters. The zero-order valence-electron chi connectivity index (χ0n) is 12.4. The molecule has 0 aliphatic carbocycles. The van der Waals surface area contributed by atoms with Gasteiger partial charge in [0.2, 0.25) is 0 Å². The van der Waals surface area contributed by atoms with Gasteiger partial charge < -0.3 is 0 Å². The summed E-state index contributed by atoms with van der Waals surface area (Å²) < 4.78 is 23.2. The number of rotatable bonds is 3. The molecular weight excluding hydrogens is 312 g/mol. The van der Waals surface area contributed by atoms with Crippen LogP contribution < -0.4 is 0 Å². The third-order valence-electron chi connectivity index (χ3n) is 3.60. The zero-order chi connectivity index (χ0) is 15.7. The van der Waals surface area contributed by atoms with Crippen LogP contribution in [0.25, 0.3) is 22.3 Å². The highest BCUT2D eigenvalue weighted by Gasteiger charge is 2.10. The Balaban J connectivity index is 2.13. The zero-order valence-corrected chi connectivity index (χ0v) is 14.0. The Labute approximate surface area is 135 Å². The van der Waals surface area contributed by atoms with Crippen molar-refractivity contribution in [3.63, 3.8) is 0 Å². The van der Waals surface area contributed by atoms with Crippen LogP contribution in [0.1, 0.15) is 5.56 Å². The van der Waals surface area contributed by atoms with Gasteiger partial charge >= 0.3 is 0 Å². The predicted octanol–water partition coefficient (Wildman–Crippen LogP) is 4.79. The smallest absolute Gasteiger partial charge is 0.175 e. The Bertz CT molecular complexity index is 891. The van der Waals surface area contributed by atoms with Crippen LogP contribution in [0.15, 0.2) is 64.2 Å². The molecule has 1 heterocycles. The number of sulfone groups is 1. The lowest BCUT2D eigenvalue weighted by atomic mass is 9.94. The number of aryl methyl sites for hydroxylation is 1. The van der Waals surface area contributed by atoms with Crippen LogP contribution in [0.2, 0.25) is 0 Å². The van der Waals surface area contributed by atoms with Crippen molar-refractivity contribution in [1.29, 1.82) is 0 Å². The predicted molar refractivity (Wildman–Crippen MR) is 93.0 cm³/mol. The summed E-state index contributed by atoms with van der Waals surface area (Å²) in [4.78, 5) is 0.348. The topological polar surface area (TPSA) is 34.1 Å². The second-order valence-corrected chi connectivity index (χ2v) is 8.15. The lowest BCUT2D eigenvalue weighted by Crippen LogP contribution is -1.96. The quantitative estimate of drug-likeness (QED) is 0.692. The number of hydrogen-bond acceptors (Lipinski definition) is 3. The van der Waals surface area contributed by atoms with E-state index in [0.717, 1.165) is 11.1 Å². The van der Waals surface area contributed by atoms with Crippen LogP contribution in [-0.4, -0.2) is 14.7 Å². The van der Waals surface area contributed by atoms with Crippen molar-refractivity contribution in [2.75, 3.05) is 6.26 Å². The van der Waals surface area contributed by atoms with E-state index in [0.29, 0.717) is 4.90 Å². The molecule has 0 N–H and O–H groups in total. The van der Waals surface area contributed by atoms with Gasteiger partial charge in [-0.25, -0.2) is 8.42 Å². The molecule has 0 aliphatic heterocycles. The summed E-state index contributed by atoms with van der Waals surface area (Å²) >= 11 is 1.67. The Morgan fingerprint density at radius 3 is 2.18 bits per heavy atom. The fraction of sp³-hybridized carbons (Fsp3) is 0.111. The van der Waals surface area contributed by atoms with Gasteiger partial charge in [-0.3, -0.25) is 0 Å². The van der Waals surface area contributed by atoms with Crippen molar-refractivity contribution in [2.45, 2.75) is 11.8 Å². The van der Waals surface area contributed by atoms with E-state index in [1.165, 1.54) is 22.9 Å². The van der Waals surface area contributed by atoms with Gasteiger partial charge in [0, 0.05) is 6.26 Å². The van der Waals surface area contributed by atoms with Crippen LogP contribution in [0.3, 0.4) is 0 Å². The summed E-state index contributed by atoms with van der Waals surface area (Å²) in [5.41, 5.74) is 5.71. The van der Waals surface area contributed by atoms with E-state index in [1.807, 2.05) is 12.1 Å². The lowest BCUT2D eigenvalue weighted by molar-refractivity contribution is 0.602. The minimum atomic E-state index is -3.16. The molecule has 3 rings (SSSR count). The first-order valence-electron chi connectivity index (χ1n) is 6.89. The molecule has 0 spiro atoms. The van der Waals surface area contributed by atoms with Gasteiger partial charge in [-0.1, -0.05) is 35.9 Å². The summed E-state index contributed by atoms with van der Waals surface area (Å²) in [6.07, 6.45) is 1.23. The Kier molecular flexibility index (Phi) is 3.89. The third-order valence-corrected chi connectivity index (χ3v) is 5.41. The van der Waals surface area contributed by atoms with Crippen molar-refractivity contribution < 1.29 is 8.42 Å². The van der Waals surface area contributed by atoms with Gasteiger partial charge in [-0.2, -0.15) is 11.3 Å². The minimum Gasteiger partial charge on any atom is -0.224 e. The third kappa shape index (κ3) is 2.98. The fourth-order valence-electron chi connectivity index (χ4n) is 2.45. The molecule has 22 heavy (non-hydrogen) atoms. The maximum atomic E-state index is 11.6. The van der Waals surface area contributed by atoms with E-state index >= 15 is 0 Å². The van der Waals surface area contributed by atoms with Gasteiger partial charge in [0.25, 0.3) is 0 Å². The monoisotopic (exact) mass is 328 g/mol. The fourth-order valence-corrected chi connectivity index (χ4v) is 3.73. The average molecular weight is 328 g/mol. The molecule has 4 heteroatoms. The molecule has 0 bridgehead atoms. The van der Waals surface area contributed by atoms with Crippen LogP contribution in [0.4, 0.5) is 0 Å². The SMILES string of the molecule is Cc1ccc(-c2ccc(S(C)(=O)=O)cc2)c(-c2ccsc2)c1. The summed E-state index contributed by atoms with van der Waals surface area (Å²) in [6.45, 7) is 2.08. The molecule has 2 aromatic carbocycles. The van der Waals surface area contributed by atoms with Gasteiger partial charge in [-0.15, -0.1) is 0 Å². The molecule has 3 aromatic rings. The van der Waals surface area contributed by atoms with E-state index in [-0.39, 0.29) is 0 Å². The Morgan fingerprint density at radius 2 is 1.59 bits per heavy atom. The van der Waals surface area contributed by atoms with E-state index in [4.69, 9.17) is 0 Å².